The first-order valence-corrected chi connectivity index (χ1v) is 5.36. The van der Waals surface area contributed by atoms with Gasteiger partial charge in [0.15, 0.2) is 5.78 Å². The van der Waals surface area contributed by atoms with Crippen LogP contribution in [0.4, 0.5) is 0 Å². The molecule has 2 rings (SSSR count). The summed E-state index contributed by atoms with van der Waals surface area (Å²) < 4.78 is 5.20. The second kappa shape index (κ2) is 3.79. The van der Waals surface area contributed by atoms with Crippen LogP contribution in [0.3, 0.4) is 0 Å². The van der Waals surface area contributed by atoms with Gasteiger partial charge in [-0.3, -0.25) is 4.79 Å². The van der Waals surface area contributed by atoms with Crippen molar-refractivity contribution in [1.29, 1.82) is 0 Å². The van der Waals surface area contributed by atoms with Gasteiger partial charge in [0, 0.05) is 13.5 Å². The minimum Gasteiger partial charge on any atom is -0.374 e. The Morgan fingerprint density at radius 3 is 2.62 bits per heavy atom. The molecule has 74 valence electrons. The molecule has 0 unspecified atom stereocenters. The van der Waals surface area contributed by atoms with Gasteiger partial charge in [-0.15, -0.1) is 0 Å². The number of hydrogen-bond acceptors (Lipinski definition) is 2. The van der Waals surface area contributed by atoms with Crippen molar-refractivity contribution in [2.75, 3.05) is 7.11 Å². The van der Waals surface area contributed by atoms with Crippen LogP contribution < -0.4 is 0 Å². The van der Waals surface area contributed by atoms with E-state index in [1.54, 1.807) is 7.11 Å². The Morgan fingerprint density at radius 1 is 1.23 bits per heavy atom. The molecule has 0 aromatic heterocycles. The van der Waals surface area contributed by atoms with Gasteiger partial charge in [0.05, 0.1) is 0 Å². The highest BCUT2D eigenvalue weighted by molar-refractivity contribution is 5.84. The molecule has 2 saturated carbocycles. The van der Waals surface area contributed by atoms with E-state index in [1.165, 1.54) is 25.7 Å². The number of ether oxygens (including phenoxy) is 1. The van der Waals surface area contributed by atoms with Crippen LogP contribution in [0, 0.1) is 11.8 Å². The highest BCUT2D eigenvalue weighted by atomic mass is 16.5. The second-order valence-corrected chi connectivity index (χ2v) is 4.44. The summed E-state index contributed by atoms with van der Waals surface area (Å²) in [6, 6.07) is 0. The van der Waals surface area contributed by atoms with Gasteiger partial charge in [-0.1, -0.05) is 19.3 Å². The van der Waals surface area contributed by atoms with Gasteiger partial charge in [-0.2, -0.15) is 0 Å². The molecule has 0 saturated heterocycles. The maximum Gasteiger partial charge on any atom is 0.161 e. The van der Waals surface area contributed by atoms with Crippen LogP contribution in [0.15, 0.2) is 0 Å². The van der Waals surface area contributed by atoms with E-state index < -0.39 is 0 Å². The molecular weight excluding hydrogens is 164 g/mol. The van der Waals surface area contributed by atoms with Crippen molar-refractivity contribution in [3.63, 3.8) is 0 Å². The number of rotatable bonds is 1. The molecule has 0 bridgehead atoms. The van der Waals surface area contributed by atoms with Crippen LogP contribution in [-0.2, 0) is 9.53 Å². The zero-order valence-electron chi connectivity index (χ0n) is 8.29. The van der Waals surface area contributed by atoms with Crippen molar-refractivity contribution in [2.24, 2.45) is 11.8 Å². The SMILES string of the molecule is CO[C@@H]1C[C@H]2CCCC[C@@H]2CC1=O. The molecule has 3 atom stereocenters. The fourth-order valence-corrected chi connectivity index (χ4v) is 2.89. The molecule has 2 nitrogen and oxygen atoms in total. The van der Waals surface area contributed by atoms with Crippen molar-refractivity contribution in [2.45, 2.75) is 44.6 Å². The van der Waals surface area contributed by atoms with Gasteiger partial charge in [-0.25, -0.2) is 0 Å². The maximum absolute atomic E-state index is 11.6. The number of carbonyl (C=O) groups excluding carboxylic acids is 1. The Morgan fingerprint density at radius 2 is 1.92 bits per heavy atom. The van der Waals surface area contributed by atoms with E-state index in [0.29, 0.717) is 11.7 Å². The summed E-state index contributed by atoms with van der Waals surface area (Å²) in [6.45, 7) is 0. The molecule has 0 aromatic rings. The van der Waals surface area contributed by atoms with Gasteiger partial charge in [0.1, 0.15) is 6.10 Å². The summed E-state index contributed by atoms with van der Waals surface area (Å²) in [5.74, 6) is 1.80. The lowest BCUT2D eigenvalue weighted by atomic mass is 9.69. The second-order valence-electron chi connectivity index (χ2n) is 4.44. The van der Waals surface area contributed by atoms with Crippen LogP contribution >= 0.6 is 0 Å². The first-order valence-electron chi connectivity index (χ1n) is 5.36. The van der Waals surface area contributed by atoms with Gasteiger partial charge in [-0.05, 0) is 24.7 Å². The molecule has 0 spiro atoms. The molecule has 0 heterocycles. The third kappa shape index (κ3) is 1.78. The number of hydrogen-bond donors (Lipinski definition) is 0. The Kier molecular flexibility index (Phi) is 2.68. The summed E-state index contributed by atoms with van der Waals surface area (Å²) in [5, 5.41) is 0. The van der Waals surface area contributed by atoms with Crippen molar-refractivity contribution >= 4 is 5.78 Å². The lowest BCUT2D eigenvalue weighted by Crippen LogP contribution is -2.38. The van der Waals surface area contributed by atoms with E-state index in [9.17, 15) is 4.79 Å². The monoisotopic (exact) mass is 182 g/mol. The quantitative estimate of drug-likeness (QED) is 0.621. The zero-order valence-corrected chi connectivity index (χ0v) is 8.29. The summed E-state index contributed by atoms with van der Waals surface area (Å²) >= 11 is 0. The molecule has 2 fully saturated rings. The largest absolute Gasteiger partial charge is 0.374 e. The predicted molar refractivity (Wildman–Crippen MR) is 50.5 cm³/mol. The highest BCUT2D eigenvalue weighted by Crippen LogP contribution is 2.39. The first-order chi connectivity index (χ1) is 6.31. The van der Waals surface area contributed by atoms with Crippen molar-refractivity contribution in [3.8, 4) is 0 Å². The Bertz CT molecular complexity index is 200. The number of Topliss-reactive ketones (excluding diaryl/α,β-unsaturated/α-hetero) is 1. The fraction of sp³-hybridized carbons (Fsp3) is 0.909. The topological polar surface area (TPSA) is 26.3 Å². The number of carbonyl (C=O) groups is 1. The molecular formula is C11H18O2. The molecule has 0 aliphatic heterocycles. The van der Waals surface area contributed by atoms with Gasteiger partial charge in [0.2, 0.25) is 0 Å². The lowest BCUT2D eigenvalue weighted by molar-refractivity contribution is -0.136. The van der Waals surface area contributed by atoms with E-state index in [0.717, 1.165) is 18.8 Å². The molecule has 0 aromatic carbocycles. The van der Waals surface area contributed by atoms with Crippen LogP contribution in [0.5, 0.6) is 0 Å². The van der Waals surface area contributed by atoms with Crippen molar-refractivity contribution in [3.05, 3.63) is 0 Å². The third-order valence-corrected chi connectivity index (χ3v) is 3.69. The molecule has 13 heavy (non-hydrogen) atoms. The molecule has 0 N–H and O–H groups in total. The Balaban J connectivity index is 2.01. The first kappa shape index (κ1) is 9.20. The van der Waals surface area contributed by atoms with Gasteiger partial charge in [0.25, 0.3) is 0 Å². The average Bonchev–Trinajstić information content (AvgIpc) is 2.17. The lowest BCUT2D eigenvalue weighted by Gasteiger charge is -2.37. The Labute approximate surface area is 79.7 Å². The van der Waals surface area contributed by atoms with Gasteiger partial charge < -0.3 is 4.74 Å². The van der Waals surface area contributed by atoms with Crippen LogP contribution in [-0.4, -0.2) is 19.0 Å². The molecule has 0 amide bonds. The van der Waals surface area contributed by atoms with E-state index in [1.807, 2.05) is 0 Å². The van der Waals surface area contributed by atoms with Crippen LogP contribution in [0.1, 0.15) is 38.5 Å². The van der Waals surface area contributed by atoms with Gasteiger partial charge >= 0.3 is 0 Å². The number of ketones is 1. The number of fused-ring (bicyclic) bond motifs is 1. The molecule has 2 heteroatoms. The average molecular weight is 182 g/mol. The van der Waals surface area contributed by atoms with E-state index in [-0.39, 0.29) is 6.10 Å². The summed E-state index contributed by atoms with van der Waals surface area (Å²) in [4.78, 5) is 11.6. The summed E-state index contributed by atoms with van der Waals surface area (Å²) in [7, 11) is 1.66. The minimum absolute atomic E-state index is 0.0839. The molecule has 0 radical (unpaired) electrons. The van der Waals surface area contributed by atoms with Crippen molar-refractivity contribution < 1.29 is 9.53 Å². The fourth-order valence-electron chi connectivity index (χ4n) is 2.89. The summed E-state index contributed by atoms with van der Waals surface area (Å²) in [6.07, 6.45) is 6.95. The number of methoxy groups -OCH3 is 1. The normalized spacial score (nSPS) is 40.1. The standard InChI is InChI=1S/C11H18O2/c1-13-11-7-9-5-3-2-4-8(9)6-10(11)12/h8-9,11H,2-7H2,1H3/t8-,9-,11-/m1/s1. The van der Waals surface area contributed by atoms with Crippen LogP contribution in [0.25, 0.3) is 0 Å². The maximum atomic E-state index is 11.6. The third-order valence-electron chi connectivity index (χ3n) is 3.69. The zero-order chi connectivity index (χ0) is 9.26. The highest BCUT2D eigenvalue weighted by Gasteiger charge is 2.36. The van der Waals surface area contributed by atoms with E-state index in [2.05, 4.69) is 0 Å². The van der Waals surface area contributed by atoms with E-state index >= 15 is 0 Å². The van der Waals surface area contributed by atoms with Crippen molar-refractivity contribution in [1.82, 2.24) is 0 Å². The minimum atomic E-state index is -0.0839. The molecule has 2 aliphatic rings. The van der Waals surface area contributed by atoms with Crippen LogP contribution in [0.2, 0.25) is 0 Å². The molecule has 2 aliphatic carbocycles. The van der Waals surface area contributed by atoms with E-state index in [4.69, 9.17) is 4.74 Å². The Hall–Kier alpha value is -0.370. The summed E-state index contributed by atoms with van der Waals surface area (Å²) in [5.41, 5.74) is 0. The predicted octanol–water partition coefficient (Wildman–Crippen LogP) is 2.17. The smallest absolute Gasteiger partial charge is 0.161 e.